The van der Waals surface area contributed by atoms with Crippen molar-refractivity contribution in [2.24, 2.45) is 0 Å². The summed E-state index contributed by atoms with van der Waals surface area (Å²) in [6.07, 6.45) is 1.66. The summed E-state index contributed by atoms with van der Waals surface area (Å²) in [6, 6.07) is 7.39. The molecule has 0 saturated heterocycles. The molecule has 0 atom stereocenters. The molecule has 1 amide bonds. The first-order chi connectivity index (χ1) is 11.6. The second kappa shape index (κ2) is 8.49. The fourth-order valence-corrected chi connectivity index (χ4v) is 2.51. The van der Waals surface area contributed by atoms with Crippen molar-refractivity contribution in [1.29, 1.82) is 0 Å². The van der Waals surface area contributed by atoms with E-state index in [1.807, 2.05) is 32.0 Å². The number of esters is 1. The molecule has 0 spiro atoms. The van der Waals surface area contributed by atoms with Gasteiger partial charge in [-0.2, -0.15) is 0 Å². The lowest BCUT2D eigenvalue weighted by atomic mass is 10.1. The van der Waals surface area contributed by atoms with Gasteiger partial charge in [0, 0.05) is 24.1 Å². The van der Waals surface area contributed by atoms with Crippen LogP contribution in [0.5, 0.6) is 0 Å². The summed E-state index contributed by atoms with van der Waals surface area (Å²) in [7, 11) is 1.54. The Hall–Kier alpha value is -2.34. The largest absolute Gasteiger partial charge is 0.450 e. The molecule has 1 aromatic heterocycles. The second-order valence-electron chi connectivity index (χ2n) is 5.50. The predicted molar refractivity (Wildman–Crippen MR) is 89.7 cm³/mol. The Balaban J connectivity index is 2.08. The topological polar surface area (TPSA) is 77.8 Å². The molecule has 0 aliphatic carbocycles. The predicted octanol–water partition coefficient (Wildman–Crippen LogP) is 3.04. The zero-order chi connectivity index (χ0) is 17.5. The van der Waals surface area contributed by atoms with Gasteiger partial charge in [0.1, 0.15) is 5.58 Å². The molecule has 0 radical (unpaired) electrons. The highest BCUT2D eigenvalue weighted by Gasteiger charge is 2.22. The number of hydrogen-bond donors (Lipinski definition) is 1. The van der Waals surface area contributed by atoms with Gasteiger partial charge in [-0.15, -0.1) is 0 Å². The van der Waals surface area contributed by atoms with E-state index in [1.165, 1.54) is 0 Å². The van der Waals surface area contributed by atoms with Gasteiger partial charge >= 0.3 is 5.97 Å². The molecule has 0 bridgehead atoms. The van der Waals surface area contributed by atoms with Crippen LogP contribution in [0.3, 0.4) is 0 Å². The van der Waals surface area contributed by atoms with Gasteiger partial charge in [0.05, 0.1) is 6.61 Å². The number of benzene rings is 1. The van der Waals surface area contributed by atoms with Crippen LogP contribution < -0.4 is 5.32 Å². The number of nitrogens with one attached hydrogen (secondary N) is 1. The molecule has 0 unspecified atom stereocenters. The van der Waals surface area contributed by atoms with Crippen molar-refractivity contribution in [1.82, 2.24) is 5.32 Å². The van der Waals surface area contributed by atoms with E-state index < -0.39 is 5.97 Å². The van der Waals surface area contributed by atoms with E-state index in [2.05, 4.69) is 5.32 Å². The average molecular weight is 333 g/mol. The van der Waals surface area contributed by atoms with Crippen molar-refractivity contribution >= 4 is 22.8 Å². The molecule has 1 heterocycles. The third kappa shape index (κ3) is 4.14. The molecular weight excluding hydrogens is 310 g/mol. The zero-order valence-electron chi connectivity index (χ0n) is 14.3. The number of fused-ring (bicyclic) bond motifs is 1. The Morgan fingerprint density at radius 1 is 1.21 bits per heavy atom. The number of ether oxygens (including phenoxy) is 2. The number of furan rings is 1. The van der Waals surface area contributed by atoms with Crippen LogP contribution in [0.2, 0.25) is 0 Å². The molecule has 1 N–H and O–H groups in total. The number of rotatable bonds is 8. The van der Waals surface area contributed by atoms with Crippen molar-refractivity contribution in [3.05, 3.63) is 35.6 Å². The monoisotopic (exact) mass is 333 g/mol. The lowest BCUT2D eigenvalue weighted by Gasteiger charge is -2.14. The van der Waals surface area contributed by atoms with Crippen LogP contribution >= 0.6 is 0 Å². The molecule has 2 aromatic rings. The minimum absolute atomic E-state index is 0.0772. The van der Waals surface area contributed by atoms with Gasteiger partial charge in [-0.3, -0.25) is 4.79 Å². The normalized spacial score (nSPS) is 11.0. The SMILES string of the molecule is CCC(CC)NC(=O)COC(=O)c1oc2ccccc2c1COC. The third-order valence-electron chi connectivity index (χ3n) is 3.86. The summed E-state index contributed by atoms with van der Waals surface area (Å²) in [4.78, 5) is 24.1. The smallest absolute Gasteiger partial charge is 0.375 e. The number of methoxy groups -OCH3 is 1. The lowest BCUT2D eigenvalue weighted by Crippen LogP contribution is -2.36. The first kappa shape index (κ1) is 18.0. The minimum atomic E-state index is -0.669. The minimum Gasteiger partial charge on any atom is -0.450 e. The molecule has 0 saturated carbocycles. The molecular formula is C18H23NO5. The van der Waals surface area contributed by atoms with E-state index in [-0.39, 0.29) is 30.9 Å². The van der Waals surface area contributed by atoms with E-state index in [9.17, 15) is 9.59 Å². The maximum absolute atomic E-state index is 12.3. The highest BCUT2D eigenvalue weighted by atomic mass is 16.5. The average Bonchev–Trinajstić information content (AvgIpc) is 2.97. The second-order valence-corrected chi connectivity index (χ2v) is 5.50. The molecule has 0 aliphatic heterocycles. The summed E-state index contributed by atoms with van der Waals surface area (Å²) in [6.45, 7) is 3.87. The molecule has 6 nitrogen and oxygen atoms in total. The van der Waals surface area contributed by atoms with Crippen LogP contribution in [0.25, 0.3) is 11.0 Å². The molecule has 0 fully saturated rings. The number of carbonyl (C=O) groups excluding carboxylic acids is 2. The summed E-state index contributed by atoms with van der Waals surface area (Å²) < 4.78 is 15.8. The Labute approximate surface area is 141 Å². The summed E-state index contributed by atoms with van der Waals surface area (Å²) >= 11 is 0. The highest BCUT2D eigenvalue weighted by molar-refractivity contribution is 5.96. The first-order valence-corrected chi connectivity index (χ1v) is 8.06. The van der Waals surface area contributed by atoms with Crippen LogP contribution in [-0.4, -0.2) is 31.6 Å². The van der Waals surface area contributed by atoms with Gasteiger partial charge in [-0.25, -0.2) is 4.79 Å². The first-order valence-electron chi connectivity index (χ1n) is 8.06. The zero-order valence-corrected chi connectivity index (χ0v) is 14.3. The summed E-state index contributed by atoms with van der Waals surface area (Å²) in [5, 5.41) is 3.62. The van der Waals surface area contributed by atoms with E-state index in [0.29, 0.717) is 11.1 Å². The Morgan fingerprint density at radius 2 is 1.92 bits per heavy atom. The van der Waals surface area contributed by atoms with Crippen molar-refractivity contribution in [2.45, 2.75) is 39.3 Å². The number of carbonyl (C=O) groups is 2. The fraction of sp³-hybridized carbons (Fsp3) is 0.444. The van der Waals surface area contributed by atoms with E-state index >= 15 is 0 Å². The van der Waals surface area contributed by atoms with Crippen molar-refractivity contribution in [3.8, 4) is 0 Å². The molecule has 0 aliphatic rings. The summed E-state index contributed by atoms with van der Waals surface area (Å²) in [5.41, 5.74) is 1.21. The molecule has 24 heavy (non-hydrogen) atoms. The van der Waals surface area contributed by atoms with Gasteiger partial charge in [0.25, 0.3) is 5.91 Å². The van der Waals surface area contributed by atoms with Crippen LogP contribution in [0.4, 0.5) is 0 Å². The quantitative estimate of drug-likeness (QED) is 0.751. The lowest BCUT2D eigenvalue weighted by molar-refractivity contribution is -0.125. The Bertz CT molecular complexity index is 702. The van der Waals surface area contributed by atoms with Crippen molar-refractivity contribution < 1.29 is 23.5 Å². The van der Waals surface area contributed by atoms with Gasteiger partial charge in [0.2, 0.25) is 5.76 Å². The number of hydrogen-bond acceptors (Lipinski definition) is 5. The Morgan fingerprint density at radius 3 is 2.58 bits per heavy atom. The van der Waals surface area contributed by atoms with Crippen LogP contribution in [0.1, 0.15) is 42.8 Å². The number of para-hydroxylation sites is 1. The molecule has 1 aromatic carbocycles. The highest BCUT2D eigenvalue weighted by Crippen LogP contribution is 2.27. The van der Waals surface area contributed by atoms with Gasteiger partial charge in [-0.05, 0) is 18.9 Å². The van der Waals surface area contributed by atoms with Crippen LogP contribution in [0, 0.1) is 0 Å². The fourth-order valence-electron chi connectivity index (χ4n) is 2.51. The molecule has 2 rings (SSSR count). The van der Waals surface area contributed by atoms with Gasteiger partial charge in [-0.1, -0.05) is 32.0 Å². The number of amides is 1. The van der Waals surface area contributed by atoms with Gasteiger partial charge < -0.3 is 19.2 Å². The van der Waals surface area contributed by atoms with Crippen molar-refractivity contribution in [2.75, 3.05) is 13.7 Å². The molecule has 130 valence electrons. The summed E-state index contributed by atoms with van der Waals surface area (Å²) in [5.74, 6) is -0.909. The van der Waals surface area contributed by atoms with E-state index in [0.717, 1.165) is 18.2 Å². The van der Waals surface area contributed by atoms with Gasteiger partial charge in [0.15, 0.2) is 6.61 Å². The van der Waals surface area contributed by atoms with Crippen molar-refractivity contribution in [3.63, 3.8) is 0 Å². The Kier molecular flexibility index (Phi) is 6.37. The maximum Gasteiger partial charge on any atom is 0.375 e. The van der Waals surface area contributed by atoms with Crippen LogP contribution in [-0.2, 0) is 20.9 Å². The van der Waals surface area contributed by atoms with E-state index in [1.54, 1.807) is 13.2 Å². The third-order valence-corrected chi connectivity index (χ3v) is 3.86. The van der Waals surface area contributed by atoms with Crippen LogP contribution in [0.15, 0.2) is 28.7 Å². The van der Waals surface area contributed by atoms with E-state index in [4.69, 9.17) is 13.9 Å². The standard InChI is InChI=1S/C18H23NO5/c1-4-12(5-2)19-16(20)11-23-18(21)17-14(10-22-3)13-8-6-7-9-15(13)24-17/h6-9,12H,4-5,10-11H2,1-3H3,(H,19,20). The molecule has 6 heteroatoms. The maximum atomic E-state index is 12.3.